The molecular weight excluding hydrogens is 421 g/mol. The van der Waals surface area contributed by atoms with Crippen molar-refractivity contribution in [3.63, 3.8) is 0 Å². The Morgan fingerprint density at radius 1 is 0.767 bits per heavy atom. The average Bonchev–Trinajstić information content (AvgIpc) is 2.74. The standard InChI is InChI=1S/C23H21Cl2N3O2/c24-17-7-12-21(20(25)14-17)28-23(30)15-26-18-8-10-19(11-9-18)27-22(29)13-6-16-4-2-1-3-5-16/h1-5,7-12,14,26H,6,13,15H2,(H,27,29)(H,28,30). The molecule has 0 saturated heterocycles. The van der Waals surface area contributed by atoms with E-state index in [9.17, 15) is 9.59 Å². The number of carbonyl (C=O) groups excluding carboxylic acids is 2. The summed E-state index contributed by atoms with van der Waals surface area (Å²) in [4.78, 5) is 24.2. The lowest BCUT2D eigenvalue weighted by Gasteiger charge is -2.10. The maximum absolute atomic E-state index is 12.1. The van der Waals surface area contributed by atoms with Gasteiger partial charge in [-0.2, -0.15) is 0 Å². The van der Waals surface area contributed by atoms with E-state index in [4.69, 9.17) is 23.2 Å². The van der Waals surface area contributed by atoms with Crippen LogP contribution in [0, 0.1) is 0 Å². The number of carbonyl (C=O) groups is 2. The summed E-state index contributed by atoms with van der Waals surface area (Å²) in [6.07, 6.45) is 1.11. The maximum Gasteiger partial charge on any atom is 0.243 e. The lowest BCUT2D eigenvalue weighted by Crippen LogP contribution is -2.21. The Morgan fingerprint density at radius 2 is 1.47 bits per heavy atom. The van der Waals surface area contributed by atoms with E-state index in [2.05, 4.69) is 16.0 Å². The molecule has 0 aromatic heterocycles. The minimum absolute atomic E-state index is 0.0428. The molecule has 0 aliphatic carbocycles. The number of benzene rings is 3. The minimum Gasteiger partial charge on any atom is -0.376 e. The van der Waals surface area contributed by atoms with Gasteiger partial charge in [0.2, 0.25) is 11.8 Å². The summed E-state index contributed by atoms with van der Waals surface area (Å²) in [6, 6.07) is 21.9. The number of amides is 2. The summed E-state index contributed by atoms with van der Waals surface area (Å²) < 4.78 is 0. The molecule has 0 fully saturated rings. The van der Waals surface area contributed by atoms with Crippen molar-refractivity contribution < 1.29 is 9.59 Å². The molecule has 0 spiro atoms. The Labute approximate surface area is 185 Å². The van der Waals surface area contributed by atoms with Crippen molar-refractivity contribution in [1.82, 2.24) is 0 Å². The van der Waals surface area contributed by atoms with Crippen LogP contribution in [-0.4, -0.2) is 18.4 Å². The van der Waals surface area contributed by atoms with Crippen LogP contribution in [0.5, 0.6) is 0 Å². The summed E-state index contributed by atoms with van der Waals surface area (Å²) in [7, 11) is 0. The van der Waals surface area contributed by atoms with Crippen molar-refractivity contribution in [2.24, 2.45) is 0 Å². The van der Waals surface area contributed by atoms with E-state index in [1.54, 1.807) is 42.5 Å². The van der Waals surface area contributed by atoms with Gasteiger partial charge in [-0.05, 0) is 54.4 Å². The Morgan fingerprint density at radius 3 is 2.17 bits per heavy atom. The van der Waals surface area contributed by atoms with Gasteiger partial charge in [-0.1, -0.05) is 53.5 Å². The lowest BCUT2D eigenvalue weighted by atomic mass is 10.1. The molecule has 0 aliphatic rings. The predicted molar refractivity (Wildman–Crippen MR) is 123 cm³/mol. The molecule has 30 heavy (non-hydrogen) atoms. The number of anilines is 3. The summed E-state index contributed by atoms with van der Waals surface area (Å²) in [5.41, 5.74) is 3.09. The molecule has 0 atom stereocenters. The molecule has 0 radical (unpaired) electrons. The van der Waals surface area contributed by atoms with Gasteiger partial charge < -0.3 is 16.0 Å². The van der Waals surface area contributed by atoms with Crippen molar-refractivity contribution in [3.8, 4) is 0 Å². The van der Waals surface area contributed by atoms with Gasteiger partial charge in [0.05, 0.1) is 17.3 Å². The molecule has 0 aliphatic heterocycles. The highest BCUT2D eigenvalue weighted by molar-refractivity contribution is 6.36. The molecular formula is C23H21Cl2N3O2. The van der Waals surface area contributed by atoms with Crippen LogP contribution in [0.3, 0.4) is 0 Å². The van der Waals surface area contributed by atoms with Crippen LogP contribution >= 0.6 is 23.2 Å². The topological polar surface area (TPSA) is 70.2 Å². The normalized spacial score (nSPS) is 10.3. The second kappa shape index (κ2) is 10.7. The van der Waals surface area contributed by atoms with Crippen LogP contribution in [0.4, 0.5) is 17.1 Å². The molecule has 3 aromatic carbocycles. The third-order valence-electron chi connectivity index (χ3n) is 4.31. The molecule has 0 saturated carbocycles. The summed E-state index contributed by atoms with van der Waals surface area (Å²) >= 11 is 11.9. The molecule has 3 N–H and O–H groups in total. The van der Waals surface area contributed by atoms with Crippen LogP contribution in [0.2, 0.25) is 10.0 Å². The van der Waals surface area contributed by atoms with Crippen molar-refractivity contribution >= 4 is 52.1 Å². The number of hydrogen-bond acceptors (Lipinski definition) is 3. The zero-order valence-electron chi connectivity index (χ0n) is 16.1. The van der Waals surface area contributed by atoms with Crippen molar-refractivity contribution in [2.75, 3.05) is 22.5 Å². The number of hydrogen-bond donors (Lipinski definition) is 3. The predicted octanol–water partition coefficient (Wildman–Crippen LogP) is 5.62. The minimum atomic E-state index is -0.238. The summed E-state index contributed by atoms with van der Waals surface area (Å²) in [5.74, 6) is -0.281. The molecule has 154 valence electrons. The Bertz CT molecular complexity index is 1010. The molecule has 0 bridgehead atoms. The monoisotopic (exact) mass is 441 g/mol. The van der Waals surface area contributed by atoms with Crippen molar-refractivity contribution in [1.29, 1.82) is 0 Å². The SMILES string of the molecule is O=C(CCc1ccccc1)Nc1ccc(NCC(=O)Nc2ccc(Cl)cc2Cl)cc1. The lowest BCUT2D eigenvalue weighted by molar-refractivity contribution is -0.116. The van der Waals surface area contributed by atoms with E-state index >= 15 is 0 Å². The first-order valence-corrected chi connectivity index (χ1v) is 10.2. The van der Waals surface area contributed by atoms with Gasteiger partial charge >= 0.3 is 0 Å². The number of rotatable bonds is 8. The summed E-state index contributed by atoms with van der Waals surface area (Å²) in [5, 5.41) is 9.51. The van der Waals surface area contributed by atoms with Crippen molar-refractivity contribution in [2.45, 2.75) is 12.8 Å². The van der Waals surface area contributed by atoms with Crippen LogP contribution in [0.15, 0.2) is 72.8 Å². The molecule has 5 nitrogen and oxygen atoms in total. The second-order valence-electron chi connectivity index (χ2n) is 6.64. The van der Waals surface area contributed by atoms with E-state index in [0.29, 0.717) is 34.3 Å². The third kappa shape index (κ3) is 6.79. The van der Waals surface area contributed by atoms with Gasteiger partial charge in [-0.3, -0.25) is 9.59 Å². The number of halogens is 2. The maximum atomic E-state index is 12.1. The highest BCUT2D eigenvalue weighted by atomic mass is 35.5. The van der Waals surface area contributed by atoms with Crippen LogP contribution in [-0.2, 0) is 16.0 Å². The third-order valence-corrected chi connectivity index (χ3v) is 4.86. The van der Waals surface area contributed by atoms with Crippen LogP contribution in [0.1, 0.15) is 12.0 Å². The smallest absolute Gasteiger partial charge is 0.243 e. The van der Waals surface area contributed by atoms with Crippen LogP contribution < -0.4 is 16.0 Å². The van der Waals surface area contributed by atoms with E-state index in [-0.39, 0.29) is 18.4 Å². The molecule has 0 heterocycles. The van der Waals surface area contributed by atoms with Crippen LogP contribution in [0.25, 0.3) is 0 Å². The fraction of sp³-hybridized carbons (Fsp3) is 0.130. The van der Waals surface area contributed by atoms with Gasteiger partial charge in [0.25, 0.3) is 0 Å². The zero-order chi connectivity index (χ0) is 21.3. The highest BCUT2D eigenvalue weighted by Gasteiger charge is 2.07. The second-order valence-corrected chi connectivity index (χ2v) is 7.48. The zero-order valence-corrected chi connectivity index (χ0v) is 17.6. The van der Waals surface area contributed by atoms with Gasteiger partial charge in [0.15, 0.2) is 0 Å². The molecule has 3 rings (SSSR count). The van der Waals surface area contributed by atoms with E-state index in [1.165, 1.54) is 0 Å². The first-order valence-electron chi connectivity index (χ1n) is 9.42. The van der Waals surface area contributed by atoms with Crippen molar-refractivity contribution in [3.05, 3.63) is 88.4 Å². The average molecular weight is 442 g/mol. The molecule has 3 aromatic rings. The van der Waals surface area contributed by atoms with E-state index < -0.39 is 0 Å². The van der Waals surface area contributed by atoms with Gasteiger partial charge in [-0.25, -0.2) is 0 Å². The van der Waals surface area contributed by atoms with Gasteiger partial charge in [0, 0.05) is 22.8 Å². The summed E-state index contributed by atoms with van der Waals surface area (Å²) in [6.45, 7) is 0.0712. The molecule has 0 unspecified atom stereocenters. The Kier molecular flexibility index (Phi) is 7.71. The van der Waals surface area contributed by atoms with Gasteiger partial charge in [0.1, 0.15) is 0 Å². The van der Waals surface area contributed by atoms with E-state index in [0.717, 1.165) is 11.3 Å². The number of nitrogens with one attached hydrogen (secondary N) is 3. The number of aryl methyl sites for hydroxylation is 1. The Hall–Kier alpha value is -3.02. The highest BCUT2D eigenvalue weighted by Crippen LogP contribution is 2.25. The molecule has 7 heteroatoms. The fourth-order valence-electron chi connectivity index (χ4n) is 2.77. The first kappa shape index (κ1) is 21.7. The van der Waals surface area contributed by atoms with E-state index in [1.807, 2.05) is 30.3 Å². The fourth-order valence-corrected chi connectivity index (χ4v) is 3.22. The largest absolute Gasteiger partial charge is 0.376 e. The Balaban J connectivity index is 1.43. The first-order chi connectivity index (χ1) is 14.5. The van der Waals surface area contributed by atoms with Gasteiger partial charge in [-0.15, -0.1) is 0 Å². The quantitative estimate of drug-likeness (QED) is 0.424. The molecule has 2 amide bonds.